The average Bonchev–Trinajstić information content (AvgIpc) is 3.27. The van der Waals surface area contributed by atoms with Crippen LogP contribution in [-0.4, -0.2) is 85.1 Å². The molecule has 10 nitrogen and oxygen atoms in total. The molecule has 0 atom stereocenters. The number of aliphatic imine (C=N–C) groups is 1. The second-order valence-electron chi connectivity index (χ2n) is 7.23. The number of rotatable bonds is 8. The third kappa shape index (κ3) is 6.15. The van der Waals surface area contributed by atoms with Crippen LogP contribution in [0.3, 0.4) is 0 Å². The van der Waals surface area contributed by atoms with E-state index in [0.717, 1.165) is 56.6 Å². The Morgan fingerprint density at radius 1 is 1.06 bits per heavy atom. The van der Waals surface area contributed by atoms with Gasteiger partial charge < -0.3 is 29.0 Å². The van der Waals surface area contributed by atoms with Crippen LogP contribution in [-0.2, 0) is 19.6 Å². The second-order valence-corrected chi connectivity index (χ2v) is 7.23. The van der Waals surface area contributed by atoms with Crippen LogP contribution in [0.25, 0.3) is 0 Å². The largest absolute Gasteiger partial charge is 0.493 e. The molecule has 1 fully saturated rings. The van der Waals surface area contributed by atoms with E-state index < -0.39 is 0 Å². The van der Waals surface area contributed by atoms with Gasteiger partial charge in [0.1, 0.15) is 6.33 Å². The summed E-state index contributed by atoms with van der Waals surface area (Å²) in [6.45, 7) is 8.00. The van der Waals surface area contributed by atoms with Crippen LogP contribution in [0.4, 0.5) is 0 Å². The van der Waals surface area contributed by atoms with Crippen LogP contribution >= 0.6 is 24.0 Å². The van der Waals surface area contributed by atoms with Gasteiger partial charge in [0.05, 0.1) is 27.9 Å². The number of methoxy groups -OCH3 is 3. The van der Waals surface area contributed by atoms with Crippen LogP contribution in [0.2, 0.25) is 0 Å². The van der Waals surface area contributed by atoms with Crippen molar-refractivity contribution in [1.29, 1.82) is 0 Å². The molecule has 3 rings (SSSR count). The highest BCUT2D eigenvalue weighted by molar-refractivity contribution is 14.0. The van der Waals surface area contributed by atoms with Gasteiger partial charge in [-0.15, -0.1) is 34.2 Å². The number of nitrogens with zero attached hydrogens (tertiary/aromatic N) is 6. The Hall–Kier alpha value is -2.28. The van der Waals surface area contributed by atoms with Gasteiger partial charge in [-0.25, -0.2) is 0 Å². The number of hydrogen-bond acceptors (Lipinski definition) is 7. The molecule has 0 saturated carbocycles. The highest BCUT2D eigenvalue weighted by atomic mass is 127. The number of aromatic nitrogens is 3. The summed E-state index contributed by atoms with van der Waals surface area (Å²) in [5, 5.41) is 11.6. The van der Waals surface area contributed by atoms with Gasteiger partial charge in [0, 0.05) is 46.3 Å². The molecule has 1 aromatic heterocycles. The molecule has 0 bridgehead atoms. The smallest absolute Gasteiger partial charge is 0.203 e. The molecule has 1 aliphatic heterocycles. The van der Waals surface area contributed by atoms with Crippen molar-refractivity contribution in [3.05, 3.63) is 29.8 Å². The summed E-state index contributed by atoms with van der Waals surface area (Å²) in [5.41, 5.74) is 1.13. The molecule has 0 amide bonds. The molecule has 1 aliphatic rings. The minimum Gasteiger partial charge on any atom is -0.493 e. The topological polar surface area (TPSA) is 89.3 Å². The van der Waals surface area contributed by atoms with Crippen molar-refractivity contribution in [1.82, 2.24) is 29.9 Å². The Morgan fingerprint density at radius 2 is 1.72 bits per heavy atom. The first-order valence-corrected chi connectivity index (χ1v) is 10.5. The molecule has 0 aliphatic carbocycles. The Balaban J connectivity index is 0.00000363. The molecule has 11 heteroatoms. The highest BCUT2D eigenvalue weighted by Gasteiger charge is 2.21. The maximum atomic E-state index is 5.48. The zero-order chi connectivity index (χ0) is 22.2. The summed E-state index contributed by atoms with van der Waals surface area (Å²) in [4.78, 5) is 9.14. The molecular weight excluding hydrogens is 525 g/mol. The second kappa shape index (κ2) is 12.7. The van der Waals surface area contributed by atoms with Crippen molar-refractivity contribution >= 4 is 29.9 Å². The van der Waals surface area contributed by atoms with Gasteiger partial charge in [0.25, 0.3) is 0 Å². The Kier molecular flexibility index (Phi) is 10.3. The van der Waals surface area contributed by atoms with Crippen LogP contribution < -0.4 is 19.5 Å². The summed E-state index contributed by atoms with van der Waals surface area (Å²) < 4.78 is 18.4. The summed E-state index contributed by atoms with van der Waals surface area (Å²) in [5.74, 6) is 3.77. The van der Waals surface area contributed by atoms with Crippen molar-refractivity contribution in [2.45, 2.75) is 26.6 Å². The number of hydrogen-bond donors (Lipinski definition) is 1. The molecule has 0 unspecified atom stereocenters. The first kappa shape index (κ1) is 26.0. The summed E-state index contributed by atoms with van der Waals surface area (Å²) >= 11 is 0. The van der Waals surface area contributed by atoms with Crippen molar-refractivity contribution in [2.24, 2.45) is 4.99 Å². The Morgan fingerprint density at radius 3 is 2.25 bits per heavy atom. The number of guanidine groups is 1. The number of ether oxygens (including phenoxy) is 3. The number of piperazine rings is 1. The van der Waals surface area contributed by atoms with Gasteiger partial charge in [0.2, 0.25) is 5.75 Å². The lowest BCUT2D eigenvalue weighted by molar-refractivity contribution is 0.172. The van der Waals surface area contributed by atoms with E-state index in [1.165, 1.54) is 0 Å². The van der Waals surface area contributed by atoms with Crippen molar-refractivity contribution in [3.63, 3.8) is 0 Å². The van der Waals surface area contributed by atoms with E-state index in [-0.39, 0.29) is 24.0 Å². The van der Waals surface area contributed by atoms with Crippen LogP contribution in [0.5, 0.6) is 17.2 Å². The van der Waals surface area contributed by atoms with Gasteiger partial charge in [-0.1, -0.05) is 0 Å². The third-order valence-electron chi connectivity index (χ3n) is 5.46. The molecule has 1 N–H and O–H groups in total. The van der Waals surface area contributed by atoms with E-state index in [9.17, 15) is 0 Å². The fourth-order valence-corrected chi connectivity index (χ4v) is 3.77. The first-order chi connectivity index (χ1) is 15.1. The molecule has 0 radical (unpaired) electrons. The van der Waals surface area contributed by atoms with E-state index in [4.69, 9.17) is 14.2 Å². The number of aryl methyl sites for hydroxylation is 1. The van der Waals surface area contributed by atoms with E-state index in [2.05, 4.69) is 37.2 Å². The maximum Gasteiger partial charge on any atom is 0.203 e. The lowest BCUT2D eigenvalue weighted by atomic mass is 10.1. The van der Waals surface area contributed by atoms with Crippen molar-refractivity contribution < 1.29 is 14.2 Å². The monoisotopic (exact) mass is 559 g/mol. The SMILES string of the molecule is CCn1cnnc1CNC(=NC)N1CCN(Cc2cc(OC)c(OC)c(OC)c2)CC1.I. The van der Waals surface area contributed by atoms with Crippen molar-refractivity contribution in [2.75, 3.05) is 54.6 Å². The van der Waals surface area contributed by atoms with E-state index in [1.807, 2.05) is 23.7 Å². The number of nitrogens with one attached hydrogen (secondary N) is 1. The standard InChI is InChI=1S/C21H33N7O3.HI/c1-6-27-15-24-25-19(27)13-23-21(22-2)28-9-7-26(8-10-28)14-16-11-17(29-3)20(31-5)18(12-16)30-4;/h11-12,15H,6-10,13-14H2,1-5H3,(H,22,23);1H. The van der Waals surface area contributed by atoms with Crippen molar-refractivity contribution in [3.8, 4) is 17.2 Å². The molecule has 2 aromatic rings. The summed E-state index contributed by atoms with van der Waals surface area (Å²) in [7, 11) is 6.71. The molecule has 1 aromatic carbocycles. The Bertz CT molecular complexity index is 857. The van der Waals surface area contributed by atoms with Crippen LogP contribution in [0.15, 0.2) is 23.5 Å². The minimum atomic E-state index is 0. The summed E-state index contributed by atoms with van der Waals surface area (Å²) in [6, 6.07) is 4.02. The average molecular weight is 559 g/mol. The fourth-order valence-electron chi connectivity index (χ4n) is 3.77. The molecule has 2 heterocycles. The van der Waals surface area contributed by atoms with E-state index >= 15 is 0 Å². The predicted octanol–water partition coefficient (Wildman–Crippen LogP) is 1.83. The molecule has 32 heavy (non-hydrogen) atoms. The highest BCUT2D eigenvalue weighted by Crippen LogP contribution is 2.38. The van der Waals surface area contributed by atoms with Gasteiger partial charge in [-0.2, -0.15) is 0 Å². The quantitative estimate of drug-likeness (QED) is 0.298. The molecule has 1 saturated heterocycles. The molecular formula is C21H34IN7O3. The normalized spacial score (nSPS) is 14.7. The summed E-state index contributed by atoms with van der Waals surface area (Å²) in [6.07, 6.45) is 1.75. The van der Waals surface area contributed by atoms with Crippen LogP contribution in [0, 0.1) is 0 Å². The zero-order valence-electron chi connectivity index (χ0n) is 19.5. The van der Waals surface area contributed by atoms with Gasteiger partial charge in [-0.3, -0.25) is 9.89 Å². The molecule has 0 spiro atoms. The number of benzene rings is 1. The lowest BCUT2D eigenvalue weighted by Crippen LogP contribution is -2.52. The van der Waals surface area contributed by atoms with Gasteiger partial charge in [-0.05, 0) is 24.6 Å². The number of halogens is 1. The van der Waals surface area contributed by atoms with E-state index in [1.54, 1.807) is 27.7 Å². The van der Waals surface area contributed by atoms with E-state index in [0.29, 0.717) is 23.8 Å². The van der Waals surface area contributed by atoms with Crippen LogP contribution in [0.1, 0.15) is 18.3 Å². The minimum absolute atomic E-state index is 0. The van der Waals surface area contributed by atoms with Gasteiger partial charge >= 0.3 is 0 Å². The maximum absolute atomic E-state index is 5.48. The Labute approximate surface area is 207 Å². The third-order valence-corrected chi connectivity index (χ3v) is 5.46. The first-order valence-electron chi connectivity index (χ1n) is 10.5. The molecule has 178 valence electrons. The lowest BCUT2D eigenvalue weighted by Gasteiger charge is -2.36. The fraction of sp³-hybridized carbons (Fsp3) is 0.571. The zero-order valence-corrected chi connectivity index (χ0v) is 21.8. The van der Waals surface area contributed by atoms with Gasteiger partial charge in [0.15, 0.2) is 23.3 Å². The predicted molar refractivity (Wildman–Crippen MR) is 134 cm³/mol.